The van der Waals surface area contributed by atoms with E-state index in [1.807, 2.05) is 16.8 Å². The standard InChI is InChI=1S/C10H6N2O4S2/c13-11(14)7-1-2-10(9(5-7)12(15)16)18-8-3-4-17-6-8/h1-6H. The molecule has 0 saturated heterocycles. The van der Waals surface area contributed by atoms with Crippen molar-refractivity contribution in [2.75, 3.05) is 0 Å². The molecule has 0 aliphatic heterocycles. The third kappa shape index (κ3) is 2.66. The van der Waals surface area contributed by atoms with Gasteiger partial charge in [-0.25, -0.2) is 0 Å². The van der Waals surface area contributed by atoms with E-state index in [9.17, 15) is 20.2 Å². The van der Waals surface area contributed by atoms with Crippen molar-refractivity contribution < 1.29 is 9.85 Å². The van der Waals surface area contributed by atoms with Gasteiger partial charge in [0.15, 0.2) is 0 Å². The molecule has 0 aliphatic rings. The predicted molar refractivity (Wildman–Crippen MR) is 68.2 cm³/mol. The van der Waals surface area contributed by atoms with Gasteiger partial charge in [0, 0.05) is 16.3 Å². The van der Waals surface area contributed by atoms with Gasteiger partial charge in [-0.3, -0.25) is 20.2 Å². The molecule has 2 aromatic rings. The van der Waals surface area contributed by atoms with Crippen molar-refractivity contribution in [2.24, 2.45) is 0 Å². The maximum atomic E-state index is 10.9. The third-order valence-electron chi connectivity index (χ3n) is 2.07. The van der Waals surface area contributed by atoms with Crippen LogP contribution in [0.3, 0.4) is 0 Å². The van der Waals surface area contributed by atoms with Gasteiger partial charge in [-0.05, 0) is 17.5 Å². The molecule has 0 unspecified atom stereocenters. The van der Waals surface area contributed by atoms with Crippen LogP contribution in [0.15, 0.2) is 44.8 Å². The zero-order chi connectivity index (χ0) is 13.1. The van der Waals surface area contributed by atoms with Gasteiger partial charge in [0.25, 0.3) is 11.4 Å². The molecule has 0 spiro atoms. The second-order valence-corrected chi connectivity index (χ2v) is 5.12. The summed E-state index contributed by atoms with van der Waals surface area (Å²) in [4.78, 5) is 21.5. The summed E-state index contributed by atoms with van der Waals surface area (Å²) in [7, 11) is 0. The van der Waals surface area contributed by atoms with Gasteiger partial charge in [-0.15, -0.1) is 0 Å². The molecule has 0 atom stereocenters. The van der Waals surface area contributed by atoms with Gasteiger partial charge in [0.2, 0.25) is 0 Å². The Morgan fingerprint density at radius 1 is 1.11 bits per heavy atom. The Bertz CT molecular complexity index is 598. The highest BCUT2D eigenvalue weighted by atomic mass is 32.2. The quantitative estimate of drug-likeness (QED) is 0.630. The molecular formula is C10H6N2O4S2. The lowest BCUT2D eigenvalue weighted by Crippen LogP contribution is -1.94. The van der Waals surface area contributed by atoms with E-state index in [-0.39, 0.29) is 11.4 Å². The highest BCUT2D eigenvalue weighted by Gasteiger charge is 2.20. The van der Waals surface area contributed by atoms with Crippen LogP contribution in [-0.2, 0) is 0 Å². The minimum Gasteiger partial charge on any atom is -0.258 e. The predicted octanol–water partition coefficient (Wildman–Crippen LogP) is 3.72. The maximum Gasteiger partial charge on any atom is 0.290 e. The lowest BCUT2D eigenvalue weighted by Gasteiger charge is -2.00. The first-order chi connectivity index (χ1) is 8.58. The van der Waals surface area contributed by atoms with Crippen LogP contribution in [0, 0.1) is 20.2 Å². The third-order valence-corrected chi connectivity index (χ3v) is 3.96. The minimum absolute atomic E-state index is 0.250. The molecule has 92 valence electrons. The molecule has 8 heteroatoms. The number of nitrogens with zero attached hydrogens (tertiary/aromatic N) is 2. The second kappa shape index (κ2) is 5.15. The van der Waals surface area contributed by atoms with Crippen LogP contribution in [0.1, 0.15) is 0 Å². The van der Waals surface area contributed by atoms with E-state index in [4.69, 9.17) is 0 Å². The molecular weight excluding hydrogens is 276 g/mol. The van der Waals surface area contributed by atoms with Crippen LogP contribution in [0.5, 0.6) is 0 Å². The summed E-state index contributed by atoms with van der Waals surface area (Å²) in [6, 6.07) is 5.48. The van der Waals surface area contributed by atoms with E-state index in [1.54, 1.807) is 0 Å². The molecule has 0 aliphatic carbocycles. The number of thiophene rings is 1. The second-order valence-electron chi connectivity index (χ2n) is 3.23. The number of nitro benzene ring substituents is 2. The normalized spacial score (nSPS) is 10.2. The lowest BCUT2D eigenvalue weighted by molar-refractivity contribution is -0.396. The van der Waals surface area contributed by atoms with E-state index in [0.717, 1.165) is 11.0 Å². The Morgan fingerprint density at radius 3 is 2.44 bits per heavy atom. The van der Waals surface area contributed by atoms with Gasteiger partial charge < -0.3 is 0 Å². The van der Waals surface area contributed by atoms with Gasteiger partial charge >= 0.3 is 0 Å². The number of nitro groups is 2. The number of hydrogen-bond acceptors (Lipinski definition) is 6. The zero-order valence-electron chi connectivity index (χ0n) is 8.81. The Balaban J connectivity index is 2.40. The molecule has 0 N–H and O–H groups in total. The van der Waals surface area contributed by atoms with E-state index in [2.05, 4.69) is 0 Å². The van der Waals surface area contributed by atoms with Crippen molar-refractivity contribution in [2.45, 2.75) is 9.79 Å². The SMILES string of the molecule is O=[N+]([O-])c1ccc(Sc2ccsc2)c([N+](=O)[O-])c1. The molecule has 6 nitrogen and oxygen atoms in total. The average Bonchev–Trinajstić information content (AvgIpc) is 2.81. The van der Waals surface area contributed by atoms with Crippen LogP contribution in [0.4, 0.5) is 11.4 Å². The molecule has 0 amide bonds. The monoisotopic (exact) mass is 282 g/mol. The Labute approximate surface area is 110 Å². The van der Waals surface area contributed by atoms with Crippen molar-refractivity contribution in [3.8, 4) is 0 Å². The summed E-state index contributed by atoms with van der Waals surface area (Å²) in [6.45, 7) is 0. The summed E-state index contributed by atoms with van der Waals surface area (Å²) in [6.07, 6.45) is 0. The first-order valence-corrected chi connectivity index (χ1v) is 6.47. The van der Waals surface area contributed by atoms with Crippen LogP contribution in [-0.4, -0.2) is 9.85 Å². The van der Waals surface area contributed by atoms with Gasteiger partial charge in [-0.2, -0.15) is 11.3 Å². The molecule has 1 heterocycles. The average molecular weight is 282 g/mol. The van der Waals surface area contributed by atoms with Crippen molar-refractivity contribution in [1.82, 2.24) is 0 Å². The summed E-state index contributed by atoms with van der Waals surface area (Å²) in [5.74, 6) is 0. The van der Waals surface area contributed by atoms with Crippen LogP contribution >= 0.6 is 23.1 Å². The van der Waals surface area contributed by atoms with E-state index < -0.39 is 9.85 Å². The van der Waals surface area contributed by atoms with Crippen molar-refractivity contribution in [3.63, 3.8) is 0 Å². The molecule has 1 aromatic carbocycles. The summed E-state index contributed by atoms with van der Waals surface area (Å²) >= 11 is 2.70. The molecule has 0 saturated carbocycles. The molecule has 0 radical (unpaired) electrons. The molecule has 0 bridgehead atoms. The topological polar surface area (TPSA) is 86.3 Å². The number of hydrogen-bond donors (Lipinski definition) is 0. The highest BCUT2D eigenvalue weighted by molar-refractivity contribution is 7.99. The van der Waals surface area contributed by atoms with Crippen molar-refractivity contribution in [1.29, 1.82) is 0 Å². The zero-order valence-corrected chi connectivity index (χ0v) is 10.4. The largest absolute Gasteiger partial charge is 0.290 e. The summed E-state index contributed by atoms with van der Waals surface area (Å²) < 4.78 is 0. The Kier molecular flexibility index (Phi) is 3.58. The number of rotatable bonds is 4. The van der Waals surface area contributed by atoms with Crippen molar-refractivity contribution >= 4 is 34.5 Å². The van der Waals surface area contributed by atoms with Gasteiger partial charge in [0.1, 0.15) is 0 Å². The van der Waals surface area contributed by atoms with Crippen LogP contribution in [0.25, 0.3) is 0 Å². The first-order valence-electron chi connectivity index (χ1n) is 4.71. The van der Waals surface area contributed by atoms with Gasteiger partial charge in [0.05, 0.1) is 20.8 Å². The molecule has 0 fully saturated rings. The fraction of sp³-hybridized carbons (Fsp3) is 0. The molecule has 18 heavy (non-hydrogen) atoms. The summed E-state index contributed by atoms with van der Waals surface area (Å²) in [5, 5.41) is 25.2. The Hall–Kier alpha value is -1.93. The van der Waals surface area contributed by atoms with E-state index >= 15 is 0 Å². The smallest absolute Gasteiger partial charge is 0.258 e. The van der Waals surface area contributed by atoms with E-state index in [0.29, 0.717) is 4.90 Å². The lowest BCUT2D eigenvalue weighted by atomic mass is 10.3. The number of benzene rings is 1. The first kappa shape index (κ1) is 12.5. The maximum absolute atomic E-state index is 10.9. The van der Waals surface area contributed by atoms with Crippen LogP contribution in [0.2, 0.25) is 0 Å². The highest BCUT2D eigenvalue weighted by Crippen LogP contribution is 2.37. The molecule has 1 aromatic heterocycles. The van der Waals surface area contributed by atoms with Gasteiger partial charge in [-0.1, -0.05) is 11.8 Å². The number of non-ortho nitro benzene ring substituents is 1. The van der Waals surface area contributed by atoms with Crippen LogP contribution < -0.4 is 0 Å². The fourth-order valence-electron chi connectivity index (χ4n) is 1.29. The minimum atomic E-state index is -0.647. The van der Waals surface area contributed by atoms with Crippen molar-refractivity contribution in [3.05, 3.63) is 55.3 Å². The molecule has 2 rings (SSSR count). The van der Waals surface area contributed by atoms with E-state index in [1.165, 1.54) is 35.2 Å². The summed E-state index contributed by atoms with van der Waals surface area (Å²) in [5.41, 5.74) is -0.531. The Morgan fingerprint density at radius 2 is 1.89 bits per heavy atom. The fourth-order valence-corrected chi connectivity index (χ4v) is 3.01.